The number of morpholine rings is 1. The Hall–Kier alpha value is -1.86. The highest BCUT2D eigenvalue weighted by Crippen LogP contribution is 2.20. The van der Waals surface area contributed by atoms with E-state index in [4.69, 9.17) is 9.73 Å². The molecule has 164 valence electrons. The molecule has 1 unspecified atom stereocenters. The summed E-state index contributed by atoms with van der Waals surface area (Å²) in [6, 6.07) is 4.56. The van der Waals surface area contributed by atoms with Crippen LogP contribution in [0.4, 0.5) is 5.82 Å². The summed E-state index contributed by atoms with van der Waals surface area (Å²) >= 11 is 0. The minimum Gasteiger partial charge on any atom is -0.379 e. The molecule has 0 saturated carbocycles. The maximum atomic E-state index is 5.57. The van der Waals surface area contributed by atoms with Crippen molar-refractivity contribution in [3.63, 3.8) is 0 Å². The Kier molecular flexibility index (Phi) is 10.2. The number of rotatable bonds is 10. The quantitative estimate of drug-likeness (QED) is 0.461. The van der Waals surface area contributed by atoms with E-state index >= 15 is 0 Å². The molecule has 2 heterocycles. The van der Waals surface area contributed by atoms with Crippen LogP contribution in [0.1, 0.15) is 39.2 Å². The van der Waals surface area contributed by atoms with Crippen molar-refractivity contribution >= 4 is 11.8 Å². The van der Waals surface area contributed by atoms with Gasteiger partial charge in [-0.05, 0) is 18.9 Å². The average molecular weight is 405 g/mol. The summed E-state index contributed by atoms with van der Waals surface area (Å²) in [5.41, 5.74) is 1.12. The van der Waals surface area contributed by atoms with Gasteiger partial charge >= 0.3 is 0 Å². The van der Waals surface area contributed by atoms with E-state index in [-0.39, 0.29) is 0 Å². The zero-order valence-corrected chi connectivity index (χ0v) is 18.9. The third-order valence-corrected chi connectivity index (χ3v) is 5.63. The molecule has 0 bridgehead atoms. The molecule has 7 heteroatoms. The first-order valence-corrected chi connectivity index (χ1v) is 11.1. The van der Waals surface area contributed by atoms with E-state index < -0.39 is 0 Å². The predicted octanol–water partition coefficient (Wildman–Crippen LogP) is 2.34. The number of aliphatic imine (C=N–C) groups is 1. The van der Waals surface area contributed by atoms with Crippen molar-refractivity contribution in [2.75, 3.05) is 58.4 Å². The van der Waals surface area contributed by atoms with Crippen LogP contribution in [-0.2, 0) is 11.3 Å². The summed E-state index contributed by atoms with van der Waals surface area (Å²) in [6.07, 6.45) is 4.21. The lowest BCUT2D eigenvalue weighted by Crippen LogP contribution is -2.53. The second-order valence-electron chi connectivity index (χ2n) is 7.75. The molecule has 7 nitrogen and oxygen atoms in total. The van der Waals surface area contributed by atoms with Crippen LogP contribution in [0.2, 0.25) is 0 Å². The summed E-state index contributed by atoms with van der Waals surface area (Å²) in [4.78, 5) is 13.9. The lowest BCUT2D eigenvalue weighted by Gasteiger charge is -2.39. The van der Waals surface area contributed by atoms with Gasteiger partial charge in [0.2, 0.25) is 0 Å². The normalized spacial score (nSPS) is 16.7. The van der Waals surface area contributed by atoms with Gasteiger partial charge in [-0.25, -0.2) is 9.98 Å². The van der Waals surface area contributed by atoms with E-state index in [9.17, 15) is 0 Å². The van der Waals surface area contributed by atoms with Crippen LogP contribution in [0.3, 0.4) is 0 Å². The van der Waals surface area contributed by atoms with Gasteiger partial charge in [-0.3, -0.25) is 4.90 Å². The van der Waals surface area contributed by atoms with Gasteiger partial charge in [-0.1, -0.05) is 32.8 Å². The largest absolute Gasteiger partial charge is 0.379 e. The van der Waals surface area contributed by atoms with Crippen LogP contribution in [0, 0.1) is 5.92 Å². The molecule has 1 atom stereocenters. The van der Waals surface area contributed by atoms with E-state index in [0.717, 1.165) is 56.7 Å². The maximum absolute atomic E-state index is 5.57. The summed E-state index contributed by atoms with van der Waals surface area (Å²) in [5.74, 6) is 2.50. The number of hydrogen-bond donors (Lipinski definition) is 2. The van der Waals surface area contributed by atoms with Crippen LogP contribution in [0.25, 0.3) is 0 Å². The maximum Gasteiger partial charge on any atom is 0.191 e. The summed E-state index contributed by atoms with van der Waals surface area (Å²) in [7, 11) is 4.03. The van der Waals surface area contributed by atoms with Gasteiger partial charge in [0.15, 0.2) is 5.96 Å². The number of nitrogens with zero attached hydrogens (tertiary/aromatic N) is 4. The molecular formula is C22H40N6O. The highest BCUT2D eigenvalue weighted by atomic mass is 16.5. The number of pyridine rings is 1. The summed E-state index contributed by atoms with van der Waals surface area (Å²) in [6.45, 7) is 12.7. The Morgan fingerprint density at radius 3 is 2.55 bits per heavy atom. The van der Waals surface area contributed by atoms with Crippen molar-refractivity contribution in [2.45, 2.75) is 46.2 Å². The molecule has 0 aromatic carbocycles. The predicted molar refractivity (Wildman–Crippen MR) is 122 cm³/mol. The molecule has 1 saturated heterocycles. The fraction of sp³-hybridized carbons (Fsp3) is 0.727. The van der Waals surface area contributed by atoms with Crippen LogP contribution in [0.5, 0.6) is 0 Å². The molecule has 0 amide bonds. The zero-order chi connectivity index (χ0) is 21.1. The van der Waals surface area contributed by atoms with Gasteiger partial charge in [0, 0.05) is 58.1 Å². The van der Waals surface area contributed by atoms with E-state index in [1.807, 2.05) is 31.3 Å². The molecule has 0 spiro atoms. The standard InChI is InChI=1S/C22H40N6O/c1-6-18(7-2)20(28-12-14-29-15-13-28)17-26-22(23-8-3)25-16-19-10-9-11-24-21(19)27(4)5/h9-11,18,20H,6-8,12-17H2,1-5H3,(H2,23,25,26). The van der Waals surface area contributed by atoms with Gasteiger partial charge in [-0.15, -0.1) is 0 Å². The Morgan fingerprint density at radius 1 is 1.21 bits per heavy atom. The zero-order valence-electron chi connectivity index (χ0n) is 18.9. The Balaban J connectivity index is 2.08. The molecule has 1 fully saturated rings. The molecule has 1 aliphatic heterocycles. The molecule has 2 rings (SSSR count). The first-order chi connectivity index (χ1) is 14.1. The van der Waals surface area contributed by atoms with Gasteiger partial charge in [0.05, 0.1) is 19.8 Å². The first kappa shape index (κ1) is 23.4. The second kappa shape index (κ2) is 12.6. The molecule has 1 aromatic rings. The third kappa shape index (κ3) is 7.16. The van der Waals surface area contributed by atoms with Crippen LogP contribution >= 0.6 is 0 Å². The van der Waals surface area contributed by atoms with E-state index in [0.29, 0.717) is 18.5 Å². The van der Waals surface area contributed by atoms with Crippen molar-refractivity contribution in [1.82, 2.24) is 20.5 Å². The molecule has 29 heavy (non-hydrogen) atoms. The topological polar surface area (TPSA) is 65.0 Å². The van der Waals surface area contributed by atoms with E-state index in [1.165, 1.54) is 12.8 Å². The third-order valence-electron chi connectivity index (χ3n) is 5.63. The Bertz CT molecular complexity index is 611. The van der Waals surface area contributed by atoms with Crippen molar-refractivity contribution < 1.29 is 4.74 Å². The molecule has 0 aliphatic carbocycles. The highest BCUT2D eigenvalue weighted by Gasteiger charge is 2.27. The Labute approximate surface area is 176 Å². The number of guanidine groups is 1. The average Bonchev–Trinajstić information content (AvgIpc) is 2.75. The monoisotopic (exact) mass is 404 g/mol. The fourth-order valence-electron chi connectivity index (χ4n) is 4.00. The first-order valence-electron chi connectivity index (χ1n) is 11.1. The lowest BCUT2D eigenvalue weighted by atomic mass is 9.92. The van der Waals surface area contributed by atoms with Crippen molar-refractivity contribution in [3.05, 3.63) is 23.9 Å². The lowest BCUT2D eigenvalue weighted by molar-refractivity contribution is 0.00272. The number of aromatic nitrogens is 1. The minimum absolute atomic E-state index is 0.494. The van der Waals surface area contributed by atoms with Crippen molar-refractivity contribution in [2.24, 2.45) is 10.9 Å². The van der Waals surface area contributed by atoms with E-state index in [1.54, 1.807) is 0 Å². The van der Waals surface area contributed by atoms with Crippen LogP contribution in [-0.4, -0.2) is 75.4 Å². The molecule has 2 N–H and O–H groups in total. The summed E-state index contributed by atoms with van der Waals surface area (Å²) in [5, 5.41) is 7.00. The summed E-state index contributed by atoms with van der Waals surface area (Å²) < 4.78 is 5.57. The Morgan fingerprint density at radius 2 is 1.93 bits per heavy atom. The van der Waals surface area contributed by atoms with Gasteiger partial charge in [0.25, 0.3) is 0 Å². The number of ether oxygens (including phenoxy) is 1. The van der Waals surface area contributed by atoms with Crippen molar-refractivity contribution in [3.8, 4) is 0 Å². The molecular weight excluding hydrogens is 364 g/mol. The molecule has 1 aliphatic rings. The van der Waals surface area contributed by atoms with Crippen LogP contribution < -0.4 is 15.5 Å². The van der Waals surface area contributed by atoms with Crippen molar-refractivity contribution in [1.29, 1.82) is 0 Å². The fourth-order valence-corrected chi connectivity index (χ4v) is 4.00. The second-order valence-corrected chi connectivity index (χ2v) is 7.75. The van der Waals surface area contributed by atoms with E-state index in [2.05, 4.69) is 47.4 Å². The van der Waals surface area contributed by atoms with Gasteiger partial charge in [0.1, 0.15) is 5.82 Å². The molecule has 0 radical (unpaired) electrons. The SMILES string of the molecule is CCNC(=NCc1cccnc1N(C)C)NCC(C(CC)CC)N1CCOCC1. The number of nitrogens with one attached hydrogen (secondary N) is 2. The van der Waals surface area contributed by atoms with Gasteiger partial charge in [-0.2, -0.15) is 0 Å². The highest BCUT2D eigenvalue weighted by molar-refractivity contribution is 5.79. The number of anilines is 1. The molecule has 1 aromatic heterocycles. The minimum atomic E-state index is 0.494. The number of hydrogen-bond acceptors (Lipinski definition) is 5. The smallest absolute Gasteiger partial charge is 0.191 e. The van der Waals surface area contributed by atoms with Crippen LogP contribution in [0.15, 0.2) is 23.3 Å². The van der Waals surface area contributed by atoms with Gasteiger partial charge < -0.3 is 20.3 Å².